The summed E-state index contributed by atoms with van der Waals surface area (Å²) in [5.74, 6) is 0.756. The number of nitrogens with one attached hydrogen (secondary N) is 2. The summed E-state index contributed by atoms with van der Waals surface area (Å²) in [5, 5.41) is 5.40. The Morgan fingerprint density at radius 1 is 1.33 bits per heavy atom. The highest BCUT2D eigenvalue weighted by Crippen LogP contribution is 2.27. The summed E-state index contributed by atoms with van der Waals surface area (Å²) < 4.78 is 28.6. The Bertz CT molecular complexity index is 880. The molecule has 2 heterocycles. The van der Waals surface area contributed by atoms with Crippen LogP contribution in [0.4, 0.5) is 10.5 Å². The Morgan fingerprint density at radius 2 is 2.08 bits per heavy atom. The van der Waals surface area contributed by atoms with E-state index in [9.17, 15) is 13.2 Å². The molecule has 0 aliphatic carbocycles. The van der Waals surface area contributed by atoms with Crippen molar-refractivity contribution in [2.24, 2.45) is 0 Å². The normalized spacial score (nSPS) is 20.2. The molecule has 2 aromatic rings. The van der Waals surface area contributed by atoms with Crippen LogP contribution in [0.2, 0.25) is 0 Å². The number of carbonyl (C=O) groups excluding carboxylic acids is 1. The van der Waals surface area contributed by atoms with Crippen molar-refractivity contribution >= 4 is 32.7 Å². The number of fused-ring (bicyclic) bond motifs is 1. The highest BCUT2D eigenvalue weighted by Gasteiger charge is 2.29. The first-order valence-corrected chi connectivity index (χ1v) is 9.63. The molecule has 3 rings (SSSR count). The summed E-state index contributed by atoms with van der Waals surface area (Å²) in [5.41, 5.74) is 1.71. The monoisotopic (exact) mass is 351 g/mol. The van der Waals surface area contributed by atoms with Crippen LogP contribution in [0.15, 0.2) is 22.6 Å². The maximum atomic E-state index is 12.0. The highest BCUT2D eigenvalue weighted by atomic mass is 32.2. The molecule has 0 radical (unpaired) electrons. The first-order valence-electron chi connectivity index (χ1n) is 7.81. The lowest BCUT2D eigenvalue weighted by Crippen LogP contribution is -2.38. The zero-order chi connectivity index (χ0) is 17.5. The lowest BCUT2D eigenvalue weighted by molar-refractivity contribution is 0.249. The number of anilines is 1. The molecule has 1 saturated heterocycles. The SMILES string of the molecule is CC(C)(C)c1nc2cc(NC(=O)NC3CCS(=O)(=O)C3)ccc2o1. The average molecular weight is 351 g/mol. The van der Waals surface area contributed by atoms with E-state index in [1.807, 2.05) is 20.8 Å². The Labute approximate surface area is 140 Å². The summed E-state index contributed by atoms with van der Waals surface area (Å²) in [6.45, 7) is 6.04. The molecule has 130 valence electrons. The standard InChI is InChI=1S/C16H21N3O4S/c1-16(2,3)14-19-12-8-10(4-5-13(12)23-14)17-15(20)18-11-6-7-24(21,22)9-11/h4-5,8,11H,6-7,9H2,1-3H3,(H2,17,18,20). The fraction of sp³-hybridized carbons (Fsp3) is 0.500. The molecule has 2 amide bonds. The predicted molar refractivity (Wildman–Crippen MR) is 91.9 cm³/mol. The maximum absolute atomic E-state index is 12.0. The third kappa shape index (κ3) is 3.69. The largest absolute Gasteiger partial charge is 0.440 e. The number of benzene rings is 1. The van der Waals surface area contributed by atoms with Gasteiger partial charge in [0.1, 0.15) is 5.52 Å². The van der Waals surface area contributed by atoms with Gasteiger partial charge < -0.3 is 15.1 Å². The summed E-state index contributed by atoms with van der Waals surface area (Å²) in [4.78, 5) is 16.5. The molecule has 1 fully saturated rings. The second-order valence-electron chi connectivity index (χ2n) is 7.15. The summed E-state index contributed by atoms with van der Waals surface area (Å²) in [6.07, 6.45) is 0.451. The zero-order valence-electron chi connectivity index (χ0n) is 13.9. The van der Waals surface area contributed by atoms with Crippen molar-refractivity contribution in [1.29, 1.82) is 0 Å². The number of rotatable bonds is 2. The van der Waals surface area contributed by atoms with Crippen molar-refractivity contribution in [1.82, 2.24) is 10.3 Å². The zero-order valence-corrected chi connectivity index (χ0v) is 14.7. The van der Waals surface area contributed by atoms with E-state index in [2.05, 4.69) is 15.6 Å². The Kier molecular flexibility index (Phi) is 4.03. The molecule has 1 aromatic carbocycles. The topological polar surface area (TPSA) is 101 Å². The van der Waals surface area contributed by atoms with Crippen LogP contribution in [-0.4, -0.2) is 37.0 Å². The summed E-state index contributed by atoms with van der Waals surface area (Å²) in [6, 6.07) is 4.46. The van der Waals surface area contributed by atoms with Crippen molar-refractivity contribution in [2.75, 3.05) is 16.8 Å². The smallest absolute Gasteiger partial charge is 0.319 e. The first-order chi connectivity index (χ1) is 11.1. The van der Waals surface area contributed by atoms with E-state index in [-0.39, 0.29) is 23.0 Å². The lowest BCUT2D eigenvalue weighted by Gasteiger charge is -2.11. The molecule has 0 saturated carbocycles. The van der Waals surface area contributed by atoms with E-state index in [0.29, 0.717) is 29.1 Å². The van der Waals surface area contributed by atoms with Gasteiger partial charge in [-0.05, 0) is 24.6 Å². The third-order valence-electron chi connectivity index (χ3n) is 3.85. The Balaban J connectivity index is 1.70. The molecular weight excluding hydrogens is 330 g/mol. The van der Waals surface area contributed by atoms with Crippen LogP contribution >= 0.6 is 0 Å². The summed E-state index contributed by atoms with van der Waals surface area (Å²) in [7, 11) is -3.02. The van der Waals surface area contributed by atoms with Crippen LogP contribution in [0.1, 0.15) is 33.1 Å². The van der Waals surface area contributed by atoms with Gasteiger partial charge in [-0.2, -0.15) is 0 Å². The number of sulfone groups is 1. The van der Waals surface area contributed by atoms with E-state index in [1.54, 1.807) is 18.2 Å². The predicted octanol–water partition coefficient (Wildman–Crippen LogP) is 2.43. The van der Waals surface area contributed by atoms with Crippen molar-refractivity contribution in [3.63, 3.8) is 0 Å². The van der Waals surface area contributed by atoms with Gasteiger partial charge in [0.25, 0.3) is 0 Å². The maximum Gasteiger partial charge on any atom is 0.319 e. The molecule has 1 atom stereocenters. The van der Waals surface area contributed by atoms with E-state index in [1.165, 1.54) is 0 Å². The third-order valence-corrected chi connectivity index (χ3v) is 5.62. The number of aromatic nitrogens is 1. The van der Waals surface area contributed by atoms with Crippen LogP contribution in [0, 0.1) is 0 Å². The van der Waals surface area contributed by atoms with Crippen LogP contribution in [0.3, 0.4) is 0 Å². The van der Waals surface area contributed by atoms with Gasteiger partial charge >= 0.3 is 6.03 Å². The molecule has 0 spiro atoms. The molecule has 8 heteroatoms. The van der Waals surface area contributed by atoms with E-state index < -0.39 is 15.9 Å². The van der Waals surface area contributed by atoms with Crippen LogP contribution in [-0.2, 0) is 15.3 Å². The fourth-order valence-corrected chi connectivity index (χ4v) is 4.26. The van der Waals surface area contributed by atoms with Crippen LogP contribution in [0.5, 0.6) is 0 Å². The molecule has 24 heavy (non-hydrogen) atoms. The van der Waals surface area contributed by atoms with Gasteiger partial charge in [-0.3, -0.25) is 0 Å². The van der Waals surface area contributed by atoms with E-state index in [4.69, 9.17) is 4.42 Å². The fourth-order valence-electron chi connectivity index (χ4n) is 2.59. The lowest BCUT2D eigenvalue weighted by atomic mass is 9.97. The number of carbonyl (C=O) groups is 1. The molecule has 1 aliphatic heterocycles. The van der Waals surface area contributed by atoms with E-state index in [0.717, 1.165) is 0 Å². The number of nitrogens with zero attached hydrogens (tertiary/aromatic N) is 1. The van der Waals surface area contributed by atoms with Crippen molar-refractivity contribution in [3.05, 3.63) is 24.1 Å². The van der Waals surface area contributed by atoms with Gasteiger partial charge in [0.05, 0.1) is 11.5 Å². The minimum atomic E-state index is -3.02. The van der Waals surface area contributed by atoms with Gasteiger partial charge in [-0.25, -0.2) is 18.2 Å². The molecule has 0 bridgehead atoms. The Morgan fingerprint density at radius 3 is 2.71 bits per heavy atom. The average Bonchev–Trinajstić information content (AvgIpc) is 3.01. The molecule has 1 aliphatic rings. The number of amides is 2. The quantitative estimate of drug-likeness (QED) is 0.865. The Hall–Kier alpha value is -2.09. The number of urea groups is 1. The number of hydrogen-bond acceptors (Lipinski definition) is 5. The highest BCUT2D eigenvalue weighted by molar-refractivity contribution is 7.91. The number of hydrogen-bond donors (Lipinski definition) is 2. The van der Waals surface area contributed by atoms with Crippen molar-refractivity contribution in [3.8, 4) is 0 Å². The molecule has 1 unspecified atom stereocenters. The van der Waals surface area contributed by atoms with Crippen molar-refractivity contribution in [2.45, 2.75) is 38.6 Å². The molecule has 7 nitrogen and oxygen atoms in total. The van der Waals surface area contributed by atoms with Gasteiger partial charge in [-0.15, -0.1) is 0 Å². The van der Waals surface area contributed by atoms with Crippen LogP contribution < -0.4 is 10.6 Å². The van der Waals surface area contributed by atoms with Crippen molar-refractivity contribution < 1.29 is 17.6 Å². The van der Waals surface area contributed by atoms with E-state index >= 15 is 0 Å². The van der Waals surface area contributed by atoms with Gasteiger partial charge in [0.2, 0.25) is 5.89 Å². The molecule has 2 N–H and O–H groups in total. The second kappa shape index (κ2) is 5.77. The van der Waals surface area contributed by atoms with Crippen LogP contribution in [0.25, 0.3) is 11.1 Å². The number of oxazole rings is 1. The van der Waals surface area contributed by atoms with Gasteiger partial charge in [0.15, 0.2) is 15.4 Å². The molecular formula is C16H21N3O4S. The van der Waals surface area contributed by atoms with Gasteiger partial charge in [-0.1, -0.05) is 20.8 Å². The summed E-state index contributed by atoms with van der Waals surface area (Å²) >= 11 is 0. The minimum absolute atomic E-state index is 0.00230. The second-order valence-corrected chi connectivity index (χ2v) is 9.38. The molecule has 1 aromatic heterocycles. The minimum Gasteiger partial charge on any atom is -0.440 e. The van der Waals surface area contributed by atoms with Gasteiger partial charge in [0, 0.05) is 17.1 Å². The first kappa shape index (κ1) is 16.8.